The fraction of sp³-hybridized carbons (Fsp3) is 0.273. The third-order valence-electron chi connectivity index (χ3n) is 2.70. The number of rotatable bonds is 1. The van der Waals surface area contributed by atoms with Crippen LogP contribution in [0.25, 0.3) is 0 Å². The van der Waals surface area contributed by atoms with E-state index in [4.69, 9.17) is 11.6 Å². The molecule has 2 rings (SSSR count). The van der Waals surface area contributed by atoms with E-state index in [2.05, 4.69) is 0 Å². The van der Waals surface area contributed by atoms with Crippen molar-refractivity contribution in [2.45, 2.75) is 20.1 Å². The minimum absolute atomic E-state index is 0.484. The van der Waals surface area contributed by atoms with Crippen molar-refractivity contribution in [3.63, 3.8) is 0 Å². The molecule has 2 atom stereocenters. The minimum atomic E-state index is -1.35. The summed E-state index contributed by atoms with van der Waals surface area (Å²) in [5.74, 6) is 0. The summed E-state index contributed by atoms with van der Waals surface area (Å²) in [7, 11) is -1.35. The molecular weight excluding hydrogens is 246 g/mol. The van der Waals surface area contributed by atoms with Crippen molar-refractivity contribution in [3.05, 3.63) is 39.8 Å². The number of hydrogen-bond donors (Lipinski definition) is 1. The van der Waals surface area contributed by atoms with Crippen molar-refractivity contribution < 1.29 is 9.32 Å². The first-order valence-corrected chi connectivity index (χ1v) is 6.33. The number of nitrogens with zero attached hydrogens (tertiary/aromatic N) is 1. The Bertz CT molecular complexity index is 487. The van der Waals surface area contributed by atoms with Crippen molar-refractivity contribution >= 4 is 28.3 Å². The Balaban J connectivity index is 2.46. The highest BCUT2D eigenvalue weighted by Crippen LogP contribution is 2.36. The van der Waals surface area contributed by atoms with E-state index in [9.17, 15) is 9.32 Å². The zero-order valence-electron chi connectivity index (χ0n) is 8.98. The zero-order valence-corrected chi connectivity index (χ0v) is 10.5. The second-order valence-electron chi connectivity index (χ2n) is 3.64. The quantitative estimate of drug-likeness (QED) is 0.840. The summed E-state index contributed by atoms with van der Waals surface area (Å²) >= 11 is 6.02. The van der Waals surface area contributed by atoms with Crippen LogP contribution in [0.15, 0.2) is 34.7 Å². The summed E-state index contributed by atoms with van der Waals surface area (Å²) in [6.07, 6.45) is -0.860. The van der Waals surface area contributed by atoms with Crippen molar-refractivity contribution in [1.29, 1.82) is 0 Å². The van der Waals surface area contributed by atoms with Crippen LogP contribution in [0.5, 0.6) is 0 Å². The number of benzene rings is 1. The van der Waals surface area contributed by atoms with Crippen LogP contribution in [0.3, 0.4) is 0 Å². The number of anilines is 1. The molecule has 0 aromatic heterocycles. The number of aliphatic hydroxyl groups excluding tert-OH is 1. The van der Waals surface area contributed by atoms with Gasteiger partial charge in [-0.1, -0.05) is 23.7 Å². The molecule has 16 heavy (non-hydrogen) atoms. The lowest BCUT2D eigenvalue weighted by Gasteiger charge is -2.22. The molecule has 1 aromatic rings. The van der Waals surface area contributed by atoms with Gasteiger partial charge in [0, 0.05) is 4.91 Å². The van der Waals surface area contributed by atoms with Gasteiger partial charge < -0.3 is 5.11 Å². The van der Waals surface area contributed by atoms with Gasteiger partial charge in [0.2, 0.25) is 0 Å². The van der Waals surface area contributed by atoms with Crippen LogP contribution in [0.1, 0.15) is 13.8 Å². The first-order valence-electron chi connectivity index (χ1n) is 4.85. The van der Waals surface area contributed by atoms with Crippen LogP contribution < -0.4 is 4.31 Å². The Kier molecular flexibility index (Phi) is 3.06. The van der Waals surface area contributed by atoms with Gasteiger partial charge in [0.1, 0.15) is 0 Å². The van der Waals surface area contributed by atoms with E-state index >= 15 is 0 Å². The van der Waals surface area contributed by atoms with Crippen LogP contribution in [-0.4, -0.2) is 15.5 Å². The molecule has 0 spiro atoms. The smallest absolute Gasteiger partial charge is 0.162 e. The SMILES string of the molecule is CC1=C(C)S(=O)N(c2ccccc2Cl)[C@@H]1O. The zero-order chi connectivity index (χ0) is 11.9. The van der Waals surface area contributed by atoms with E-state index in [0.717, 1.165) is 5.57 Å². The van der Waals surface area contributed by atoms with Crippen molar-refractivity contribution in [3.8, 4) is 0 Å². The Morgan fingerprint density at radius 2 is 2.00 bits per heavy atom. The predicted molar refractivity (Wildman–Crippen MR) is 66.5 cm³/mol. The summed E-state index contributed by atoms with van der Waals surface area (Å²) in [4.78, 5) is 0.687. The normalized spacial score (nSPS) is 25.4. The van der Waals surface area contributed by atoms with Gasteiger partial charge in [-0.15, -0.1) is 0 Å². The topological polar surface area (TPSA) is 40.5 Å². The summed E-state index contributed by atoms with van der Waals surface area (Å²) in [5.41, 5.74) is 1.31. The van der Waals surface area contributed by atoms with Gasteiger partial charge in [-0.05, 0) is 31.6 Å². The Morgan fingerprint density at radius 3 is 2.50 bits per heavy atom. The van der Waals surface area contributed by atoms with Crippen LogP contribution in [-0.2, 0) is 11.0 Å². The summed E-state index contributed by atoms with van der Waals surface area (Å²) < 4.78 is 13.5. The molecule has 86 valence electrons. The summed E-state index contributed by atoms with van der Waals surface area (Å²) in [6.45, 7) is 3.53. The molecule has 1 N–H and O–H groups in total. The standard InChI is InChI=1S/C11H12ClNO2S/c1-7-8(2)16(15)13(11(7)14)10-6-4-3-5-9(10)12/h3-6,11,14H,1-2H3/t11-,16?/m1/s1. The molecule has 0 saturated heterocycles. The fourth-order valence-electron chi connectivity index (χ4n) is 1.59. The lowest BCUT2D eigenvalue weighted by atomic mass is 10.2. The van der Waals surface area contributed by atoms with E-state index in [1.165, 1.54) is 4.31 Å². The largest absolute Gasteiger partial charge is 0.369 e. The lowest BCUT2D eigenvalue weighted by molar-refractivity contribution is 0.227. The van der Waals surface area contributed by atoms with Crippen LogP contribution in [0.2, 0.25) is 5.02 Å². The Morgan fingerprint density at radius 1 is 1.38 bits per heavy atom. The molecule has 5 heteroatoms. The van der Waals surface area contributed by atoms with Gasteiger partial charge in [0.25, 0.3) is 0 Å². The molecule has 1 aromatic carbocycles. The number of aliphatic hydroxyl groups is 1. The molecule has 0 fully saturated rings. The van der Waals surface area contributed by atoms with Crippen molar-refractivity contribution in [2.75, 3.05) is 4.31 Å². The van der Waals surface area contributed by atoms with Crippen molar-refractivity contribution in [1.82, 2.24) is 0 Å². The van der Waals surface area contributed by atoms with Gasteiger partial charge in [-0.25, -0.2) is 4.21 Å². The number of halogens is 1. The van der Waals surface area contributed by atoms with Crippen LogP contribution >= 0.6 is 11.6 Å². The Hall–Kier alpha value is -0.840. The molecular formula is C11H12ClNO2S. The van der Waals surface area contributed by atoms with Gasteiger partial charge in [0.15, 0.2) is 17.2 Å². The van der Waals surface area contributed by atoms with E-state index in [-0.39, 0.29) is 0 Å². The highest BCUT2D eigenvalue weighted by atomic mass is 35.5. The highest BCUT2D eigenvalue weighted by molar-refractivity contribution is 7.90. The maximum absolute atomic E-state index is 12.0. The van der Waals surface area contributed by atoms with Gasteiger partial charge in [0.05, 0.1) is 10.7 Å². The maximum atomic E-state index is 12.0. The molecule has 1 aliphatic heterocycles. The van der Waals surface area contributed by atoms with Gasteiger partial charge >= 0.3 is 0 Å². The molecule has 1 aliphatic rings. The molecule has 0 bridgehead atoms. The van der Waals surface area contributed by atoms with Gasteiger partial charge in [-0.3, -0.25) is 4.31 Å². The fourth-order valence-corrected chi connectivity index (χ4v) is 3.22. The first-order chi connectivity index (χ1) is 7.54. The second kappa shape index (κ2) is 4.20. The third kappa shape index (κ3) is 1.67. The summed E-state index contributed by atoms with van der Waals surface area (Å²) in [5, 5.41) is 10.5. The summed E-state index contributed by atoms with van der Waals surface area (Å²) in [6, 6.07) is 7.05. The van der Waals surface area contributed by atoms with E-state index in [0.29, 0.717) is 15.6 Å². The number of para-hydroxylation sites is 1. The molecule has 0 aliphatic carbocycles. The number of hydrogen-bond acceptors (Lipinski definition) is 2. The maximum Gasteiger partial charge on any atom is 0.162 e. The van der Waals surface area contributed by atoms with E-state index in [1.807, 2.05) is 0 Å². The number of allylic oxidation sites excluding steroid dienone is 1. The Labute approximate surface area is 102 Å². The second-order valence-corrected chi connectivity index (χ2v) is 5.55. The van der Waals surface area contributed by atoms with Crippen LogP contribution in [0.4, 0.5) is 5.69 Å². The minimum Gasteiger partial charge on any atom is -0.369 e. The average molecular weight is 258 g/mol. The average Bonchev–Trinajstić information content (AvgIpc) is 2.45. The highest BCUT2D eigenvalue weighted by Gasteiger charge is 2.34. The van der Waals surface area contributed by atoms with E-state index < -0.39 is 17.2 Å². The van der Waals surface area contributed by atoms with Crippen molar-refractivity contribution in [2.24, 2.45) is 0 Å². The monoisotopic (exact) mass is 257 g/mol. The van der Waals surface area contributed by atoms with Crippen LogP contribution in [0, 0.1) is 0 Å². The molecule has 1 unspecified atom stereocenters. The first kappa shape index (κ1) is 11.6. The van der Waals surface area contributed by atoms with E-state index in [1.54, 1.807) is 38.1 Å². The molecule has 1 heterocycles. The molecule has 0 amide bonds. The molecule has 0 saturated carbocycles. The van der Waals surface area contributed by atoms with Gasteiger partial charge in [-0.2, -0.15) is 0 Å². The molecule has 0 radical (unpaired) electrons. The third-order valence-corrected chi connectivity index (χ3v) is 4.61. The molecule has 3 nitrogen and oxygen atoms in total. The lowest BCUT2D eigenvalue weighted by Crippen LogP contribution is -2.31. The predicted octanol–water partition coefficient (Wildman–Crippen LogP) is 2.44.